The first-order valence-electron chi connectivity index (χ1n) is 6.59. The molecule has 3 rings (SSSR count). The Kier molecular flexibility index (Phi) is 2.92. The predicted molar refractivity (Wildman–Crippen MR) is 70.8 cm³/mol. The predicted octanol–water partition coefficient (Wildman–Crippen LogP) is 2.80. The summed E-state index contributed by atoms with van der Waals surface area (Å²) in [5, 5.41) is 9.52. The van der Waals surface area contributed by atoms with Crippen molar-refractivity contribution in [3.8, 4) is 5.69 Å². The van der Waals surface area contributed by atoms with Crippen LogP contribution in [0.1, 0.15) is 42.8 Å². The van der Waals surface area contributed by atoms with Gasteiger partial charge in [-0.15, -0.1) is 0 Å². The molecule has 0 fully saturated rings. The summed E-state index contributed by atoms with van der Waals surface area (Å²) in [6.07, 6.45) is 6.25. The molecule has 2 aromatic rings. The van der Waals surface area contributed by atoms with Crippen molar-refractivity contribution in [1.29, 1.82) is 0 Å². The van der Waals surface area contributed by atoms with Gasteiger partial charge in [0.25, 0.3) is 0 Å². The Morgan fingerprint density at radius 1 is 1.17 bits per heavy atom. The third-order valence-electron chi connectivity index (χ3n) is 3.68. The third kappa shape index (κ3) is 1.95. The fourth-order valence-electron chi connectivity index (χ4n) is 2.61. The standard InChI is InChI=1S/C15H18N2O/c1-11(18)12-6-8-13(9-7-12)17-10-16-14-4-2-3-5-15(14)17/h6-11,18H,2-5H2,1H3/t11-/m1/s1. The van der Waals surface area contributed by atoms with Crippen LogP contribution in [0, 0.1) is 0 Å². The Bertz CT molecular complexity index is 540. The van der Waals surface area contributed by atoms with E-state index >= 15 is 0 Å². The fourth-order valence-corrected chi connectivity index (χ4v) is 2.61. The molecule has 94 valence electrons. The quantitative estimate of drug-likeness (QED) is 0.879. The lowest BCUT2D eigenvalue weighted by molar-refractivity contribution is 0.199. The first-order chi connectivity index (χ1) is 8.75. The van der Waals surface area contributed by atoms with Crippen LogP contribution in [-0.2, 0) is 12.8 Å². The Morgan fingerprint density at radius 2 is 1.89 bits per heavy atom. The van der Waals surface area contributed by atoms with Crippen LogP contribution >= 0.6 is 0 Å². The number of hydrogen-bond donors (Lipinski definition) is 1. The summed E-state index contributed by atoms with van der Waals surface area (Å²) in [5.41, 5.74) is 4.69. The molecule has 18 heavy (non-hydrogen) atoms. The van der Waals surface area contributed by atoms with E-state index in [1.165, 1.54) is 24.2 Å². The van der Waals surface area contributed by atoms with Gasteiger partial charge in [-0.05, 0) is 50.3 Å². The highest BCUT2D eigenvalue weighted by Crippen LogP contribution is 2.23. The van der Waals surface area contributed by atoms with Crippen molar-refractivity contribution < 1.29 is 5.11 Å². The molecule has 0 radical (unpaired) electrons. The van der Waals surface area contributed by atoms with E-state index in [0.29, 0.717) is 0 Å². The van der Waals surface area contributed by atoms with Crippen molar-refractivity contribution in [2.75, 3.05) is 0 Å². The Hall–Kier alpha value is -1.61. The Balaban J connectivity index is 1.97. The van der Waals surface area contributed by atoms with Crippen molar-refractivity contribution in [1.82, 2.24) is 9.55 Å². The van der Waals surface area contributed by atoms with Gasteiger partial charge in [0, 0.05) is 11.4 Å². The highest BCUT2D eigenvalue weighted by Gasteiger charge is 2.15. The summed E-state index contributed by atoms with van der Waals surface area (Å²) >= 11 is 0. The largest absolute Gasteiger partial charge is 0.389 e. The average molecular weight is 242 g/mol. The number of hydrogen-bond acceptors (Lipinski definition) is 2. The second-order valence-corrected chi connectivity index (χ2v) is 4.98. The third-order valence-corrected chi connectivity index (χ3v) is 3.68. The molecule has 3 heteroatoms. The van der Waals surface area contributed by atoms with Crippen LogP contribution in [0.4, 0.5) is 0 Å². The first-order valence-corrected chi connectivity index (χ1v) is 6.59. The molecule has 0 unspecified atom stereocenters. The van der Waals surface area contributed by atoms with Gasteiger partial charge < -0.3 is 9.67 Å². The maximum atomic E-state index is 9.52. The van der Waals surface area contributed by atoms with Crippen LogP contribution in [0.3, 0.4) is 0 Å². The molecule has 1 heterocycles. The monoisotopic (exact) mass is 242 g/mol. The molecule has 1 atom stereocenters. The first kappa shape index (κ1) is 11.5. The van der Waals surface area contributed by atoms with Crippen LogP contribution < -0.4 is 0 Å². The number of benzene rings is 1. The Labute approximate surface area is 107 Å². The minimum absolute atomic E-state index is 0.407. The van der Waals surface area contributed by atoms with E-state index in [9.17, 15) is 5.11 Å². The van der Waals surface area contributed by atoms with Crippen LogP contribution in [0.5, 0.6) is 0 Å². The fraction of sp³-hybridized carbons (Fsp3) is 0.400. The topological polar surface area (TPSA) is 38.0 Å². The smallest absolute Gasteiger partial charge is 0.0997 e. The highest BCUT2D eigenvalue weighted by molar-refractivity contribution is 5.38. The zero-order chi connectivity index (χ0) is 12.5. The van der Waals surface area contributed by atoms with Gasteiger partial charge in [-0.3, -0.25) is 0 Å². The molecule has 1 aliphatic carbocycles. The number of imidazole rings is 1. The van der Waals surface area contributed by atoms with E-state index in [0.717, 1.165) is 24.1 Å². The molecule has 1 aliphatic rings. The highest BCUT2D eigenvalue weighted by atomic mass is 16.3. The van der Waals surface area contributed by atoms with Crippen molar-refractivity contribution in [2.24, 2.45) is 0 Å². The number of nitrogens with zero attached hydrogens (tertiary/aromatic N) is 2. The summed E-state index contributed by atoms with van der Waals surface area (Å²) in [6.45, 7) is 1.79. The number of aromatic nitrogens is 2. The van der Waals surface area contributed by atoms with E-state index in [-0.39, 0.29) is 0 Å². The molecule has 0 spiro atoms. The number of aryl methyl sites for hydroxylation is 1. The van der Waals surface area contributed by atoms with Crippen LogP contribution in [-0.4, -0.2) is 14.7 Å². The molecule has 3 nitrogen and oxygen atoms in total. The van der Waals surface area contributed by atoms with Gasteiger partial charge in [0.2, 0.25) is 0 Å². The molecular weight excluding hydrogens is 224 g/mol. The number of rotatable bonds is 2. The van der Waals surface area contributed by atoms with E-state index in [1.807, 2.05) is 18.5 Å². The van der Waals surface area contributed by atoms with Crippen LogP contribution in [0.2, 0.25) is 0 Å². The van der Waals surface area contributed by atoms with Crippen LogP contribution in [0.15, 0.2) is 30.6 Å². The number of aliphatic hydroxyl groups is 1. The van der Waals surface area contributed by atoms with Crippen LogP contribution in [0.25, 0.3) is 5.69 Å². The molecule has 0 aliphatic heterocycles. The Morgan fingerprint density at radius 3 is 2.61 bits per heavy atom. The summed E-state index contributed by atoms with van der Waals surface area (Å²) in [6, 6.07) is 8.07. The lowest BCUT2D eigenvalue weighted by Crippen LogP contribution is -2.06. The summed E-state index contributed by atoms with van der Waals surface area (Å²) in [5.74, 6) is 0. The molecular formula is C15H18N2O. The van der Waals surface area contributed by atoms with E-state index in [1.54, 1.807) is 6.92 Å². The molecule has 1 N–H and O–H groups in total. The molecule has 0 bridgehead atoms. The summed E-state index contributed by atoms with van der Waals surface area (Å²) in [4.78, 5) is 4.50. The molecule has 1 aromatic carbocycles. The zero-order valence-corrected chi connectivity index (χ0v) is 10.6. The number of aliphatic hydroxyl groups excluding tert-OH is 1. The van der Waals surface area contributed by atoms with Gasteiger partial charge in [-0.25, -0.2) is 4.98 Å². The maximum Gasteiger partial charge on any atom is 0.0997 e. The average Bonchev–Trinajstić information content (AvgIpc) is 2.82. The van der Waals surface area contributed by atoms with E-state index < -0.39 is 6.10 Å². The minimum Gasteiger partial charge on any atom is -0.389 e. The van der Waals surface area contributed by atoms with E-state index in [4.69, 9.17) is 0 Å². The van der Waals surface area contributed by atoms with Gasteiger partial charge in [0.15, 0.2) is 0 Å². The molecule has 0 saturated carbocycles. The van der Waals surface area contributed by atoms with E-state index in [2.05, 4.69) is 21.7 Å². The minimum atomic E-state index is -0.407. The van der Waals surface area contributed by atoms with Crippen molar-refractivity contribution in [2.45, 2.75) is 38.7 Å². The second kappa shape index (κ2) is 4.58. The molecule has 0 saturated heterocycles. The maximum absolute atomic E-state index is 9.52. The van der Waals surface area contributed by atoms with Gasteiger partial charge in [0.05, 0.1) is 18.1 Å². The normalized spacial score (nSPS) is 16.3. The van der Waals surface area contributed by atoms with Crippen molar-refractivity contribution >= 4 is 0 Å². The van der Waals surface area contributed by atoms with Gasteiger partial charge in [-0.1, -0.05) is 12.1 Å². The second-order valence-electron chi connectivity index (χ2n) is 4.98. The van der Waals surface area contributed by atoms with Gasteiger partial charge in [-0.2, -0.15) is 0 Å². The lowest BCUT2D eigenvalue weighted by atomic mass is 10.0. The van der Waals surface area contributed by atoms with Crippen molar-refractivity contribution in [3.63, 3.8) is 0 Å². The number of fused-ring (bicyclic) bond motifs is 1. The zero-order valence-electron chi connectivity index (χ0n) is 10.6. The van der Waals surface area contributed by atoms with Gasteiger partial charge >= 0.3 is 0 Å². The molecule has 0 amide bonds. The molecule has 1 aromatic heterocycles. The van der Waals surface area contributed by atoms with Crippen molar-refractivity contribution in [3.05, 3.63) is 47.5 Å². The SMILES string of the molecule is C[C@@H](O)c1ccc(-n2cnc3c2CCCC3)cc1. The van der Waals surface area contributed by atoms with Gasteiger partial charge in [0.1, 0.15) is 0 Å². The summed E-state index contributed by atoms with van der Waals surface area (Å²) in [7, 11) is 0. The summed E-state index contributed by atoms with van der Waals surface area (Å²) < 4.78 is 2.18. The lowest BCUT2D eigenvalue weighted by Gasteiger charge is -2.14.